The molecule has 0 radical (unpaired) electrons. The fourth-order valence-corrected chi connectivity index (χ4v) is 0.921. The molecule has 0 aliphatic heterocycles. The topological polar surface area (TPSA) is 29.1 Å². The molecule has 0 aromatic heterocycles. The summed E-state index contributed by atoms with van der Waals surface area (Å²) in [5.74, 6) is -0.132. The normalized spacial score (nSPS) is 8.95. The maximum atomic E-state index is 12.3. The Kier molecular flexibility index (Phi) is 14.0. The number of rotatable bonds is 4. The Morgan fingerprint density at radius 3 is 2.16 bits per heavy atom. The minimum absolute atomic E-state index is 0.132. The van der Waals surface area contributed by atoms with E-state index in [9.17, 15) is 9.18 Å². The van der Waals surface area contributed by atoms with E-state index >= 15 is 0 Å². The zero-order valence-corrected chi connectivity index (χ0v) is 11.8. The standard InChI is InChI=1S/C7H7F.C7H9NO.C2H6/c1-6-4-2-3-5-7(6)8;1-3-5-7(4-2)8-6-9;1-2/h2-5H,1H3;3-6H,1-2H2,(H,8,9);1-2H3/b;7-5+;. The van der Waals surface area contributed by atoms with E-state index in [-0.39, 0.29) is 5.82 Å². The Morgan fingerprint density at radius 2 is 1.84 bits per heavy atom. The Balaban J connectivity index is 0. The summed E-state index contributed by atoms with van der Waals surface area (Å²) in [6.45, 7) is 12.7. The van der Waals surface area contributed by atoms with Crippen LogP contribution in [0, 0.1) is 12.7 Å². The molecule has 0 unspecified atom stereocenters. The number of carbonyl (C=O) groups is 1. The van der Waals surface area contributed by atoms with E-state index in [1.54, 1.807) is 31.2 Å². The highest BCUT2D eigenvalue weighted by molar-refractivity contribution is 5.51. The molecule has 1 rings (SSSR count). The molecule has 1 aromatic carbocycles. The van der Waals surface area contributed by atoms with Crippen LogP contribution in [0.4, 0.5) is 4.39 Å². The van der Waals surface area contributed by atoms with Crippen molar-refractivity contribution in [2.75, 3.05) is 0 Å². The number of aryl methyl sites for hydroxylation is 1. The van der Waals surface area contributed by atoms with Crippen molar-refractivity contribution in [3.8, 4) is 0 Å². The molecule has 2 nitrogen and oxygen atoms in total. The second-order valence-electron chi connectivity index (χ2n) is 3.07. The van der Waals surface area contributed by atoms with Crippen LogP contribution in [-0.4, -0.2) is 6.41 Å². The van der Waals surface area contributed by atoms with Crippen molar-refractivity contribution < 1.29 is 9.18 Å². The lowest BCUT2D eigenvalue weighted by Crippen LogP contribution is -2.06. The summed E-state index contributed by atoms with van der Waals surface area (Å²) in [7, 11) is 0. The van der Waals surface area contributed by atoms with Gasteiger partial charge in [0, 0.05) is 5.70 Å². The smallest absolute Gasteiger partial charge is 0.211 e. The lowest BCUT2D eigenvalue weighted by molar-refractivity contribution is -0.108. The molecule has 0 aliphatic carbocycles. The first-order valence-corrected chi connectivity index (χ1v) is 6.02. The van der Waals surface area contributed by atoms with Crippen LogP contribution >= 0.6 is 0 Å². The first-order valence-electron chi connectivity index (χ1n) is 6.02. The third-order valence-corrected chi connectivity index (χ3v) is 1.82. The Morgan fingerprint density at radius 1 is 1.26 bits per heavy atom. The average molecular weight is 263 g/mol. The van der Waals surface area contributed by atoms with Crippen molar-refractivity contribution in [3.63, 3.8) is 0 Å². The lowest BCUT2D eigenvalue weighted by Gasteiger charge is -1.93. The average Bonchev–Trinajstić information content (AvgIpc) is 2.45. The summed E-state index contributed by atoms with van der Waals surface area (Å²) in [4.78, 5) is 9.81. The number of allylic oxidation sites excluding steroid dienone is 3. The number of nitrogens with one attached hydrogen (secondary N) is 1. The molecule has 0 spiro atoms. The van der Waals surface area contributed by atoms with Crippen molar-refractivity contribution in [2.24, 2.45) is 0 Å². The molecule has 0 bridgehead atoms. The molecular weight excluding hydrogens is 241 g/mol. The number of halogens is 1. The van der Waals surface area contributed by atoms with E-state index in [0.29, 0.717) is 17.7 Å². The summed E-state index contributed by atoms with van der Waals surface area (Å²) in [5, 5.41) is 2.42. The van der Waals surface area contributed by atoms with Crippen LogP contribution in [0.15, 0.2) is 61.3 Å². The third kappa shape index (κ3) is 10.7. The van der Waals surface area contributed by atoms with E-state index in [0.717, 1.165) is 0 Å². The summed E-state index contributed by atoms with van der Waals surface area (Å²) in [5.41, 5.74) is 1.35. The van der Waals surface area contributed by atoms with Crippen molar-refractivity contribution in [1.29, 1.82) is 0 Å². The summed E-state index contributed by atoms with van der Waals surface area (Å²) in [6, 6.07) is 6.70. The molecule has 0 aliphatic rings. The molecule has 0 saturated carbocycles. The molecule has 1 amide bonds. The van der Waals surface area contributed by atoms with Gasteiger partial charge in [0.1, 0.15) is 5.82 Å². The van der Waals surface area contributed by atoms with Crippen LogP contribution < -0.4 is 5.32 Å². The molecule has 0 fully saturated rings. The molecule has 0 heterocycles. The van der Waals surface area contributed by atoms with Crippen LogP contribution in [0.3, 0.4) is 0 Å². The number of hydrogen-bond acceptors (Lipinski definition) is 1. The van der Waals surface area contributed by atoms with Gasteiger partial charge in [0.15, 0.2) is 0 Å². The highest BCUT2D eigenvalue weighted by Crippen LogP contribution is 2.01. The molecular formula is C16H22FNO. The fourth-order valence-electron chi connectivity index (χ4n) is 0.921. The van der Waals surface area contributed by atoms with Gasteiger partial charge in [-0.15, -0.1) is 0 Å². The van der Waals surface area contributed by atoms with Crippen molar-refractivity contribution in [2.45, 2.75) is 20.8 Å². The number of amides is 1. The number of carbonyl (C=O) groups excluding carboxylic acids is 1. The van der Waals surface area contributed by atoms with Gasteiger partial charge in [-0.1, -0.05) is 51.3 Å². The minimum Gasteiger partial charge on any atom is -0.329 e. The van der Waals surface area contributed by atoms with Gasteiger partial charge >= 0.3 is 0 Å². The number of benzene rings is 1. The highest BCUT2D eigenvalue weighted by atomic mass is 19.1. The Labute approximate surface area is 115 Å². The van der Waals surface area contributed by atoms with Gasteiger partial charge in [0.25, 0.3) is 0 Å². The maximum absolute atomic E-state index is 12.3. The van der Waals surface area contributed by atoms with Crippen LogP contribution in [-0.2, 0) is 4.79 Å². The Bertz CT molecular complexity index is 390. The van der Waals surface area contributed by atoms with Gasteiger partial charge in [-0.25, -0.2) is 4.39 Å². The predicted molar refractivity (Wildman–Crippen MR) is 80.2 cm³/mol. The van der Waals surface area contributed by atoms with Gasteiger partial charge < -0.3 is 5.32 Å². The van der Waals surface area contributed by atoms with E-state index < -0.39 is 0 Å². The summed E-state index contributed by atoms with van der Waals surface area (Å²) < 4.78 is 12.3. The minimum atomic E-state index is -0.132. The molecule has 3 heteroatoms. The monoisotopic (exact) mass is 263 g/mol. The Hall–Kier alpha value is -2.16. The third-order valence-electron chi connectivity index (χ3n) is 1.82. The van der Waals surface area contributed by atoms with Gasteiger partial charge in [0.05, 0.1) is 0 Å². The van der Waals surface area contributed by atoms with Crippen LogP contribution in [0.5, 0.6) is 0 Å². The largest absolute Gasteiger partial charge is 0.329 e. The first-order chi connectivity index (χ1) is 9.15. The van der Waals surface area contributed by atoms with Crippen LogP contribution in [0.1, 0.15) is 19.4 Å². The van der Waals surface area contributed by atoms with Crippen molar-refractivity contribution in [1.82, 2.24) is 5.32 Å². The van der Waals surface area contributed by atoms with Gasteiger partial charge in [-0.3, -0.25) is 4.79 Å². The first kappa shape index (κ1) is 19.2. The summed E-state index contributed by atoms with van der Waals surface area (Å²) >= 11 is 0. The number of hydrogen-bond donors (Lipinski definition) is 1. The van der Waals surface area contributed by atoms with Crippen LogP contribution in [0.25, 0.3) is 0 Å². The van der Waals surface area contributed by atoms with Crippen molar-refractivity contribution in [3.05, 3.63) is 72.7 Å². The predicted octanol–water partition coefficient (Wildman–Crippen LogP) is 4.15. The zero-order valence-electron chi connectivity index (χ0n) is 11.8. The second kappa shape index (κ2) is 13.9. The second-order valence-corrected chi connectivity index (χ2v) is 3.07. The SMILES string of the molecule is C=C/C=C(\C=C)NC=O.CC.Cc1ccccc1F. The quantitative estimate of drug-likeness (QED) is 0.641. The fraction of sp³-hybridized carbons (Fsp3) is 0.188. The highest BCUT2D eigenvalue weighted by Gasteiger charge is 1.88. The molecule has 0 saturated heterocycles. The molecule has 19 heavy (non-hydrogen) atoms. The molecule has 0 atom stereocenters. The van der Waals surface area contributed by atoms with Gasteiger partial charge in [0.2, 0.25) is 6.41 Å². The molecule has 104 valence electrons. The molecule has 1 N–H and O–H groups in total. The molecule has 1 aromatic rings. The van der Waals surface area contributed by atoms with E-state index in [1.807, 2.05) is 19.9 Å². The van der Waals surface area contributed by atoms with Crippen LogP contribution in [0.2, 0.25) is 0 Å². The van der Waals surface area contributed by atoms with E-state index in [4.69, 9.17) is 0 Å². The van der Waals surface area contributed by atoms with E-state index in [2.05, 4.69) is 18.5 Å². The van der Waals surface area contributed by atoms with Gasteiger partial charge in [-0.2, -0.15) is 0 Å². The lowest BCUT2D eigenvalue weighted by atomic mass is 10.2. The van der Waals surface area contributed by atoms with E-state index in [1.165, 1.54) is 12.1 Å². The van der Waals surface area contributed by atoms with Crippen molar-refractivity contribution >= 4 is 6.41 Å². The van der Waals surface area contributed by atoms with Gasteiger partial charge in [-0.05, 0) is 30.7 Å². The maximum Gasteiger partial charge on any atom is 0.211 e. The summed E-state index contributed by atoms with van der Waals surface area (Å²) in [6.07, 6.45) is 5.36. The zero-order chi connectivity index (χ0) is 15.1.